The van der Waals surface area contributed by atoms with Gasteiger partial charge in [-0.25, -0.2) is 4.39 Å². The normalized spacial score (nSPS) is 18.4. The Kier molecular flexibility index (Phi) is 5.34. The second-order valence-electron chi connectivity index (χ2n) is 6.05. The third-order valence-corrected chi connectivity index (χ3v) is 4.44. The molecule has 1 aromatic rings. The summed E-state index contributed by atoms with van der Waals surface area (Å²) in [5.41, 5.74) is 7.15. The van der Waals surface area contributed by atoms with E-state index in [1.165, 1.54) is 12.1 Å². The largest absolute Gasteiger partial charge is 0.466 e. The minimum Gasteiger partial charge on any atom is -0.466 e. The van der Waals surface area contributed by atoms with Crippen LogP contribution in [0.25, 0.3) is 0 Å². The van der Waals surface area contributed by atoms with E-state index in [0.29, 0.717) is 13.0 Å². The first-order valence-electron chi connectivity index (χ1n) is 7.71. The summed E-state index contributed by atoms with van der Waals surface area (Å²) in [5.74, 6) is -0.390. The topological polar surface area (TPSA) is 52.3 Å². The molecule has 2 rings (SSSR count). The highest BCUT2D eigenvalue weighted by Crippen LogP contribution is 2.46. The first-order chi connectivity index (χ1) is 10.0. The third kappa shape index (κ3) is 4.27. The van der Waals surface area contributed by atoms with Gasteiger partial charge in [-0.05, 0) is 49.3 Å². The van der Waals surface area contributed by atoms with Crippen LogP contribution in [0.15, 0.2) is 24.3 Å². The van der Waals surface area contributed by atoms with Crippen molar-refractivity contribution in [3.63, 3.8) is 0 Å². The molecular formula is C17H24FNO2. The van der Waals surface area contributed by atoms with Crippen molar-refractivity contribution in [1.29, 1.82) is 0 Å². The fraction of sp³-hybridized carbons (Fsp3) is 0.588. The number of hydrogen-bond donors (Lipinski definition) is 1. The Morgan fingerprint density at radius 1 is 1.33 bits per heavy atom. The van der Waals surface area contributed by atoms with E-state index < -0.39 is 0 Å². The van der Waals surface area contributed by atoms with E-state index in [1.807, 2.05) is 6.92 Å². The molecule has 1 aliphatic rings. The maximum absolute atomic E-state index is 13.0. The van der Waals surface area contributed by atoms with Gasteiger partial charge in [0, 0.05) is 6.04 Å². The lowest BCUT2D eigenvalue weighted by Gasteiger charge is -2.31. The maximum atomic E-state index is 13.0. The minimum absolute atomic E-state index is 0.0555. The smallest absolute Gasteiger partial charge is 0.306 e. The highest BCUT2D eigenvalue weighted by molar-refractivity contribution is 5.70. The molecule has 116 valence electrons. The zero-order valence-electron chi connectivity index (χ0n) is 12.6. The third-order valence-electron chi connectivity index (χ3n) is 4.44. The Hall–Kier alpha value is -1.42. The van der Waals surface area contributed by atoms with Crippen molar-refractivity contribution in [2.45, 2.75) is 51.5 Å². The summed E-state index contributed by atoms with van der Waals surface area (Å²) in [4.78, 5) is 11.9. The predicted molar refractivity (Wildman–Crippen MR) is 80.1 cm³/mol. The van der Waals surface area contributed by atoms with Gasteiger partial charge in [0.15, 0.2) is 0 Å². The fourth-order valence-corrected chi connectivity index (χ4v) is 3.39. The number of nitrogens with two attached hydrogens (primary N) is 1. The molecule has 0 aliphatic heterocycles. The van der Waals surface area contributed by atoms with E-state index in [9.17, 15) is 9.18 Å². The summed E-state index contributed by atoms with van der Waals surface area (Å²) >= 11 is 0. The van der Waals surface area contributed by atoms with Crippen molar-refractivity contribution in [2.24, 2.45) is 11.1 Å². The number of carbonyl (C=O) groups excluding carboxylic acids is 1. The van der Waals surface area contributed by atoms with Gasteiger partial charge in [-0.3, -0.25) is 4.79 Å². The van der Waals surface area contributed by atoms with Crippen LogP contribution < -0.4 is 5.73 Å². The van der Waals surface area contributed by atoms with Crippen LogP contribution in [0.4, 0.5) is 4.39 Å². The number of carbonyl (C=O) groups is 1. The van der Waals surface area contributed by atoms with Gasteiger partial charge in [0.05, 0.1) is 13.0 Å². The number of hydrogen-bond acceptors (Lipinski definition) is 3. The molecule has 0 amide bonds. The zero-order valence-corrected chi connectivity index (χ0v) is 12.6. The van der Waals surface area contributed by atoms with Crippen LogP contribution in [0.5, 0.6) is 0 Å². The van der Waals surface area contributed by atoms with E-state index in [4.69, 9.17) is 10.5 Å². The Morgan fingerprint density at radius 3 is 2.52 bits per heavy atom. The quantitative estimate of drug-likeness (QED) is 0.813. The highest BCUT2D eigenvalue weighted by atomic mass is 19.1. The summed E-state index contributed by atoms with van der Waals surface area (Å²) < 4.78 is 18.1. The fourth-order valence-electron chi connectivity index (χ4n) is 3.39. The summed E-state index contributed by atoms with van der Waals surface area (Å²) in [5, 5.41) is 0. The SMILES string of the molecule is CCOC(=O)CC1(CC(N)c2ccc(F)cc2)CCCC1. The molecule has 0 saturated heterocycles. The maximum Gasteiger partial charge on any atom is 0.306 e. The number of halogens is 1. The van der Waals surface area contributed by atoms with Crippen molar-refractivity contribution in [2.75, 3.05) is 6.61 Å². The average Bonchev–Trinajstić information content (AvgIpc) is 2.87. The van der Waals surface area contributed by atoms with Gasteiger partial charge in [-0.15, -0.1) is 0 Å². The van der Waals surface area contributed by atoms with Crippen molar-refractivity contribution in [3.8, 4) is 0 Å². The molecule has 2 N–H and O–H groups in total. The van der Waals surface area contributed by atoms with Crippen LogP contribution in [0, 0.1) is 11.2 Å². The number of rotatable bonds is 6. The van der Waals surface area contributed by atoms with Crippen molar-refractivity contribution in [1.82, 2.24) is 0 Å². The van der Waals surface area contributed by atoms with E-state index in [-0.39, 0.29) is 23.2 Å². The van der Waals surface area contributed by atoms with Crippen LogP contribution in [0.3, 0.4) is 0 Å². The average molecular weight is 293 g/mol. The Morgan fingerprint density at radius 2 is 1.95 bits per heavy atom. The molecule has 1 aromatic carbocycles. The molecule has 3 nitrogen and oxygen atoms in total. The summed E-state index contributed by atoms with van der Waals surface area (Å²) in [6.07, 6.45) is 5.49. The van der Waals surface area contributed by atoms with E-state index in [0.717, 1.165) is 37.7 Å². The number of esters is 1. The van der Waals surface area contributed by atoms with Crippen molar-refractivity contribution < 1.29 is 13.9 Å². The highest BCUT2D eigenvalue weighted by Gasteiger charge is 2.38. The molecule has 0 radical (unpaired) electrons. The van der Waals surface area contributed by atoms with Gasteiger partial charge < -0.3 is 10.5 Å². The molecule has 1 atom stereocenters. The Bertz CT molecular complexity index is 466. The van der Waals surface area contributed by atoms with Gasteiger partial charge in [-0.2, -0.15) is 0 Å². The predicted octanol–water partition coefficient (Wildman–Crippen LogP) is 3.73. The molecule has 4 heteroatoms. The summed E-state index contributed by atoms with van der Waals surface area (Å²) in [6.45, 7) is 2.24. The second kappa shape index (κ2) is 7.03. The minimum atomic E-state index is -0.256. The number of ether oxygens (including phenoxy) is 1. The van der Waals surface area contributed by atoms with Gasteiger partial charge in [-0.1, -0.05) is 25.0 Å². The van der Waals surface area contributed by atoms with E-state index in [1.54, 1.807) is 12.1 Å². The molecular weight excluding hydrogens is 269 g/mol. The van der Waals surface area contributed by atoms with Crippen LogP contribution in [-0.4, -0.2) is 12.6 Å². The lowest BCUT2D eigenvalue weighted by Crippen LogP contribution is -2.27. The Labute approximate surface area is 125 Å². The molecule has 0 aromatic heterocycles. The summed E-state index contributed by atoms with van der Waals surface area (Å²) in [6, 6.07) is 6.15. The second-order valence-corrected chi connectivity index (χ2v) is 6.05. The Balaban J connectivity index is 2.05. The van der Waals surface area contributed by atoms with Crippen LogP contribution in [0.1, 0.15) is 57.1 Å². The molecule has 0 spiro atoms. The molecule has 1 unspecified atom stereocenters. The number of benzene rings is 1. The zero-order chi connectivity index (χ0) is 15.3. The summed E-state index contributed by atoms with van der Waals surface area (Å²) in [7, 11) is 0. The first kappa shape index (κ1) is 16.0. The molecule has 21 heavy (non-hydrogen) atoms. The van der Waals surface area contributed by atoms with Crippen LogP contribution >= 0.6 is 0 Å². The molecule has 1 aliphatic carbocycles. The van der Waals surface area contributed by atoms with Crippen molar-refractivity contribution >= 4 is 5.97 Å². The molecule has 1 saturated carbocycles. The lowest BCUT2D eigenvalue weighted by molar-refractivity contribution is -0.146. The lowest BCUT2D eigenvalue weighted by atomic mass is 9.76. The van der Waals surface area contributed by atoms with E-state index >= 15 is 0 Å². The monoisotopic (exact) mass is 293 g/mol. The van der Waals surface area contributed by atoms with Crippen molar-refractivity contribution in [3.05, 3.63) is 35.6 Å². The standard InChI is InChI=1S/C17H24FNO2/c1-2-21-16(20)12-17(9-3-4-10-17)11-15(19)13-5-7-14(18)8-6-13/h5-8,15H,2-4,9-12,19H2,1H3. The van der Waals surface area contributed by atoms with Gasteiger partial charge in [0.25, 0.3) is 0 Å². The molecule has 0 heterocycles. The van der Waals surface area contributed by atoms with Gasteiger partial charge >= 0.3 is 5.97 Å². The van der Waals surface area contributed by atoms with Gasteiger partial charge in [0.2, 0.25) is 0 Å². The molecule has 1 fully saturated rings. The molecule has 0 bridgehead atoms. The first-order valence-corrected chi connectivity index (χ1v) is 7.71. The van der Waals surface area contributed by atoms with E-state index in [2.05, 4.69) is 0 Å². The van der Waals surface area contributed by atoms with Gasteiger partial charge in [0.1, 0.15) is 5.82 Å². The van der Waals surface area contributed by atoms with Crippen LogP contribution in [-0.2, 0) is 9.53 Å². The van der Waals surface area contributed by atoms with Crippen LogP contribution in [0.2, 0.25) is 0 Å².